The molecule has 0 aromatic heterocycles. The number of carbonyl (C=O) groups excluding carboxylic acids is 2. The van der Waals surface area contributed by atoms with Crippen molar-refractivity contribution < 1.29 is 19.1 Å². The van der Waals surface area contributed by atoms with Gasteiger partial charge in [0.1, 0.15) is 18.1 Å². The minimum Gasteiger partial charge on any atom is -0.497 e. The lowest BCUT2D eigenvalue weighted by molar-refractivity contribution is -0.127. The molecule has 0 radical (unpaired) electrons. The summed E-state index contributed by atoms with van der Waals surface area (Å²) in [5.41, 5.74) is 1.09. The Hall–Kier alpha value is -3.02. The summed E-state index contributed by atoms with van der Waals surface area (Å²) in [7, 11) is 3.27. The summed E-state index contributed by atoms with van der Waals surface area (Å²) in [5, 5.41) is 2.85. The zero-order valence-electron chi connectivity index (χ0n) is 15.3. The van der Waals surface area contributed by atoms with Gasteiger partial charge in [-0.1, -0.05) is 6.07 Å². The topological polar surface area (TPSA) is 67.9 Å². The molecule has 0 saturated carbocycles. The number of ether oxygens (including phenoxy) is 2. The molecule has 0 saturated heterocycles. The molecule has 0 unspecified atom stereocenters. The van der Waals surface area contributed by atoms with Gasteiger partial charge in [-0.15, -0.1) is 0 Å². The Labute approximate surface area is 152 Å². The zero-order chi connectivity index (χ0) is 18.9. The lowest BCUT2D eigenvalue weighted by Crippen LogP contribution is -2.39. The molecule has 2 amide bonds. The number of rotatable bonds is 3. The Balaban J connectivity index is 1.86. The van der Waals surface area contributed by atoms with Crippen LogP contribution in [0.3, 0.4) is 0 Å². The van der Waals surface area contributed by atoms with Crippen molar-refractivity contribution in [2.45, 2.75) is 13.8 Å². The summed E-state index contributed by atoms with van der Waals surface area (Å²) >= 11 is 0. The van der Waals surface area contributed by atoms with Crippen LogP contribution in [0.15, 0.2) is 42.5 Å². The Morgan fingerprint density at radius 1 is 1.23 bits per heavy atom. The van der Waals surface area contributed by atoms with Gasteiger partial charge in [-0.2, -0.15) is 0 Å². The largest absolute Gasteiger partial charge is 0.497 e. The number of amides is 2. The highest BCUT2D eigenvalue weighted by molar-refractivity contribution is 6.05. The number of fused-ring (bicyclic) bond motifs is 1. The van der Waals surface area contributed by atoms with Gasteiger partial charge in [-0.05, 0) is 50.2 Å². The molecular formula is C20H22N2O4. The van der Waals surface area contributed by atoms with Crippen LogP contribution in [-0.2, 0) is 4.79 Å². The van der Waals surface area contributed by atoms with Crippen molar-refractivity contribution in [1.82, 2.24) is 0 Å². The predicted octanol–water partition coefficient (Wildman–Crippen LogP) is 3.33. The Morgan fingerprint density at radius 3 is 2.73 bits per heavy atom. The summed E-state index contributed by atoms with van der Waals surface area (Å²) in [6.07, 6.45) is 0. The van der Waals surface area contributed by atoms with Crippen molar-refractivity contribution in [2.24, 2.45) is 5.41 Å². The van der Waals surface area contributed by atoms with Crippen molar-refractivity contribution in [2.75, 3.05) is 31.0 Å². The minimum atomic E-state index is -0.613. The molecule has 0 fully saturated rings. The third-order valence-corrected chi connectivity index (χ3v) is 4.38. The second-order valence-corrected chi connectivity index (χ2v) is 6.91. The van der Waals surface area contributed by atoms with E-state index in [2.05, 4.69) is 5.32 Å². The SMILES string of the molecule is COc1cccc(C(=O)Nc2ccc3c(c2)N(C)C(=O)C(C)(C)CO3)c1. The average Bonchev–Trinajstić information content (AvgIpc) is 2.72. The van der Waals surface area contributed by atoms with E-state index in [-0.39, 0.29) is 11.8 Å². The molecule has 1 heterocycles. The van der Waals surface area contributed by atoms with Gasteiger partial charge in [0, 0.05) is 18.3 Å². The first-order valence-electron chi connectivity index (χ1n) is 8.32. The van der Waals surface area contributed by atoms with E-state index in [0.717, 1.165) is 0 Å². The molecule has 0 spiro atoms. The zero-order valence-corrected chi connectivity index (χ0v) is 15.3. The third kappa shape index (κ3) is 3.35. The number of nitrogens with one attached hydrogen (secondary N) is 1. The van der Waals surface area contributed by atoms with E-state index in [1.807, 2.05) is 13.8 Å². The lowest BCUT2D eigenvalue weighted by atomic mass is 9.93. The first-order valence-corrected chi connectivity index (χ1v) is 8.32. The lowest BCUT2D eigenvalue weighted by Gasteiger charge is -2.24. The van der Waals surface area contributed by atoms with Gasteiger partial charge in [0.05, 0.1) is 18.2 Å². The number of carbonyl (C=O) groups is 2. The van der Waals surface area contributed by atoms with Crippen LogP contribution in [0.4, 0.5) is 11.4 Å². The van der Waals surface area contributed by atoms with E-state index >= 15 is 0 Å². The number of benzene rings is 2. The Morgan fingerprint density at radius 2 is 2.00 bits per heavy atom. The monoisotopic (exact) mass is 354 g/mol. The first-order chi connectivity index (χ1) is 12.3. The van der Waals surface area contributed by atoms with E-state index in [1.54, 1.807) is 61.5 Å². The van der Waals surface area contributed by atoms with Gasteiger partial charge in [-0.25, -0.2) is 0 Å². The molecule has 2 aromatic rings. The third-order valence-electron chi connectivity index (χ3n) is 4.38. The smallest absolute Gasteiger partial charge is 0.255 e. The van der Waals surface area contributed by atoms with Crippen LogP contribution in [0.2, 0.25) is 0 Å². The molecule has 6 nitrogen and oxygen atoms in total. The van der Waals surface area contributed by atoms with Crippen LogP contribution in [0, 0.1) is 5.41 Å². The molecule has 1 aliphatic rings. The van der Waals surface area contributed by atoms with Gasteiger partial charge >= 0.3 is 0 Å². The summed E-state index contributed by atoms with van der Waals surface area (Å²) in [4.78, 5) is 26.7. The standard InChI is InChI=1S/C20H22N2O4/c1-20(2)12-26-17-9-8-14(11-16(17)22(3)19(20)24)21-18(23)13-6-5-7-15(10-13)25-4/h5-11H,12H2,1-4H3,(H,21,23). The van der Waals surface area contributed by atoms with Gasteiger partial charge in [0.25, 0.3) is 5.91 Å². The molecule has 0 atom stereocenters. The number of hydrogen-bond donors (Lipinski definition) is 1. The maximum atomic E-state index is 12.6. The van der Waals surface area contributed by atoms with E-state index in [1.165, 1.54) is 0 Å². The van der Waals surface area contributed by atoms with Crippen LogP contribution in [0.25, 0.3) is 0 Å². The fourth-order valence-electron chi connectivity index (χ4n) is 2.83. The van der Waals surface area contributed by atoms with Gasteiger partial charge in [0.15, 0.2) is 0 Å². The van der Waals surface area contributed by atoms with Crippen LogP contribution in [0.5, 0.6) is 11.5 Å². The summed E-state index contributed by atoms with van der Waals surface area (Å²) < 4.78 is 10.9. The molecule has 26 heavy (non-hydrogen) atoms. The van der Waals surface area contributed by atoms with E-state index in [9.17, 15) is 9.59 Å². The summed E-state index contributed by atoms with van der Waals surface area (Å²) in [6, 6.07) is 12.2. The Kier molecular flexibility index (Phi) is 4.59. The molecular weight excluding hydrogens is 332 g/mol. The normalized spacial score (nSPS) is 15.5. The van der Waals surface area contributed by atoms with Crippen molar-refractivity contribution in [1.29, 1.82) is 0 Å². The highest BCUT2D eigenvalue weighted by atomic mass is 16.5. The quantitative estimate of drug-likeness (QED) is 0.918. The van der Waals surface area contributed by atoms with Gasteiger partial charge < -0.3 is 19.7 Å². The van der Waals surface area contributed by atoms with E-state index < -0.39 is 5.41 Å². The molecule has 0 aliphatic carbocycles. The fourth-order valence-corrected chi connectivity index (χ4v) is 2.83. The number of anilines is 2. The molecule has 0 bridgehead atoms. The van der Waals surface area contributed by atoms with E-state index in [0.29, 0.717) is 35.0 Å². The maximum absolute atomic E-state index is 12.6. The molecule has 1 aliphatic heterocycles. The summed E-state index contributed by atoms with van der Waals surface area (Å²) in [6.45, 7) is 4.01. The molecule has 1 N–H and O–H groups in total. The highest BCUT2D eigenvalue weighted by Crippen LogP contribution is 2.37. The number of nitrogens with zero attached hydrogens (tertiary/aromatic N) is 1. The van der Waals surface area contributed by atoms with Crippen molar-refractivity contribution in [3.63, 3.8) is 0 Å². The van der Waals surface area contributed by atoms with Crippen LogP contribution < -0.4 is 19.7 Å². The van der Waals surface area contributed by atoms with Crippen LogP contribution in [-0.4, -0.2) is 32.6 Å². The minimum absolute atomic E-state index is 0.0347. The van der Waals surface area contributed by atoms with E-state index in [4.69, 9.17) is 9.47 Å². The van der Waals surface area contributed by atoms with Crippen LogP contribution >= 0.6 is 0 Å². The highest BCUT2D eigenvalue weighted by Gasteiger charge is 2.36. The van der Waals surface area contributed by atoms with Gasteiger partial charge in [-0.3, -0.25) is 9.59 Å². The Bertz CT molecular complexity index is 861. The van der Waals surface area contributed by atoms with Crippen molar-refractivity contribution >= 4 is 23.2 Å². The molecule has 3 rings (SSSR count). The van der Waals surface area contributed by atoms with Crippen molar-refractivity contribution in [3.8, 4) is 11.5 Å². The number of hydrogen-bond acceptors (Lipinski definition) is 4. The van der Waals surface area contributed by atoms with Crippen molar-refractivity contribution in [3.05, 3.63) is 48.0 Å². The molecule has 6 heteroatoms. The number of methoxy groups -OCH3 is 1. The second kappa shape index (κ2) is 6.71. The van der Waals surface area contributed by atoms with Crippen LogP contribution in [0.1, 0.15) is 24.2 Å². The van der Waals surface area contributed by atoms with Gasteiger partial charge in [0.2, 0.25) is 5.91 Å². The maximum Gasteiger partial charge on any atom is 0.255 e. The molecule has 136 valence electrons. The average molecular weight is 354 g/mol. The summed E-state index contributed by atoms with van der Waals surface area (Å²) in [5.74, 6) is 0.937. The first kappa shape index (κ1) is 17.8. The molecule has 2 aromatic carbocycles. The second-order valence-electron chi connectivity index (χ2n) is 6.91. The predicted molar refractivity (Wildman–Crippen MR) is 100 cm³/mol. The fraction of sp³-hybridized carbons (Fsp3) is 0.300.